The largest absolute Gasteiger partial charge is 0.492 e. The number of carbonyl (C=O) groups is 2. The molecule has 0 spiro atoms. The van der Waals surface area contributed by atoms with Gasteiger partial charge in [-0.1, -0.05) is 54.9 Å². The summed E-state index contributed by atoms with van der Waals surface area (Å²) in [5.74, 6) is -0.0577. The summed E-state index contributed by atoms with van der Waals surface area (Å²) in [5, 5.41) is 7.89. The van der Waals surface area contributed by atoms with Gasteiger partial charge in [0.2, 0.25) is 5.91 Å². The maximum absolute atomic E-state index is 14.1. The summed E-state index contributed by atoms with van der Waals surface area (Å²) in [6.45, 7) is 7.35. The monoisotopic (exact) mass is 616 g/mol. The van der Waals surface area contributed by atoms with E-state index in [-0.39, 0.29) is 17.9 Å². The number of benzene rings is 3. The minimum absolute atomic E-state index is 0.276. The first kappa shape index (κ1) is 31.2. The molecule has 4 aromatic rings. The molecule has 1 aliphatic heterocycles. The van der Waals surface area contributed by atoms with E-state index in [4.69, 9.17) is 16.3 Å². The maximum atomic E-state index is 14.1. The summed E-state index contributed by atoms with van der Waals surface area (Å²) in [6, 6.07) is 20.4. The van der Waals surface area contributed by atoms with Crippen molar-refractivity contribution in [2.45, 2.75) is 32.4 Å². The highest BCUT2D eigenvalue weighted by atomic mass is 35.5. The molecule has 0 radical (unpaired) electrons. The Bertz CT molecular complexity index is 1600. The van der Waals surface area contributed by atoms with Gasteiger partial charge in [0.1, 0.15) is 11.8 Å². The number of hydrogen-bond donors (Lipinski definition) is 3. The van der Waals surface area contributed by atoms with Crippen molar-refractivity contribution in [2.75, 3.05) is 57.1 Å². The molecule has 10 heteroatoms. The Hall–Kier alpha value is -4.21. The van der Waals surface area contributed by atoms with E-state index in [1.807, 2.05) is 101 Å². The van der Waals surface area contributed by atoms with Crippen molar-refractivity contribution in [1.29, 1.82) is 0 Å². The average Bonchev–Trinajstić information content (AvgIpc) is 3.45. The predicted octanol–water partition coefficient (Wildman–Crippen LogP) is 5.92. The van der Waals surface area contributed by atoms with Gasteiger partial charge in [0.25, 0.3) is 0 Å². The fourth-order valence-corrected chi connectivity index (χ4v) is 6.04. The average molecular weight is 617 g/mol. The lowest BCUT2D eigenvalue weighted by atomic mass is 9.92. The van der Waals surface area contributed by atoms with Crippen LogP contribution in [0.4, 0.5) is 16.2 Å². The van der Waals surface area contributed by atoms with E-state index in [0.717, 1.165) is 27.7 Å². The molecular formula is C34H41ClN6O3. The lowest BCUT2D eigenvalue weighted by Crippen LogP contribution is -2.56. The van der Waals surface area contributed by atoms with Crippen LogP contribution in [0.5, 0.6) is 5.75 Å². The van der Waals surface area contributed by atoms with E-state index in [1.165, 1.54) is 0 Å². The summed E-state index contributed by atoms with van der Waals surface area (Å²) in [5.41, 5.74) is 4.51. The number of aromatic nitrogens is 1. The van der Waals surface area contributed by atoms with Crippen LogP contribution in [0.25, 0.3) is 10.9 Å². The molecule has 44 heavy (non-hydrogen) atoms. The van der Waals surface area contributed by atoms with Gasteiger partial charge in [-0.15, -0.1) is 0 Å². The highest BCUT2D eigenvalue weighted by molar-refractivity contribution is 6.33. The first-order valence-electron chi connectivity index (χ1n) is 15.1. The molecule has 1 saturated heterocycles. The number of amides is 3. The third-order valence-corrected chi connectivity index (χ3v) is 8.35. The Labute approximate surface area is 264 Å². The van der Waals surface area contributed by atoms with Gasteiger partial charge >= 0.3 is 6.03 Å². The van der Waals surface area contributed by atoms with E-state index in [1.54, 1.807) is 4.90 Å². The quantitative estimate of drug-likeness (QED) is 0.206. The number of nitrogens with one attached hydrogen (secondary N) is 3. The van der Waals surface area contributed by atoms with Crippen molar-refractivity contribution in [3.05, 3.63) is 89.1 Å². The Balaban J connectivity index is 1.38. The summed E-state index contributed by atoms with van der Waals surface area (Å²) in [4.78, 5) is 37.2. The maximum Gasteiger partial charge on any atom is 0.318 e. The molecule has 0 saturated carbocycles. The number of carbonyl (C=O) groups excluding carboxylic acids is 2. The zero-order valence-corrected chi connectivity index (χ0v) is 26.5. The first-order chi connectivity index (χ1) is 21.2. The third-order valence-electron chi connectivity index (χ3n) is 8.03. The number of para-hydroxylation sites is 2. The van der Waals surface area contributed by atoms with Gasteiger partial charge in [0.15, 0.2) is 0 Å². The molecule has 3 amide bonds. The number of piperazine rings is 1. The second kappa shape index (κ2) is 14.1. The van der Waals surface area contributed by atoms with Crippen molar-refractivity contribution < 1.29 is 14.3 Å². The van der Waals surface area contributed by atoms with Gasteiger partial charge in [-0.2, -0.15) is 0 Å². The lowest BCUT2D eigenvalue weighted by Gasteiger charge is -2.37. The highest BCUT2D eigenvalue weighted by Crippen LogP contribution is 2.31. The molecule has 5 rings (SSSR count). The van der Waals surface area contributed by atoms with Gasteiger partial charge in [-0.3, -0.25) is 4.79 Å². The number of fused-ring (bicyclic) bond motifs is 1. The molecule has 0 aliphatic carbocycles. The van der Waals surface area contributed by atoms with Crippen LogP contribution in [0, 0.1) is 0 Å². The Morgan fingerprint density at radius 2 is 1.75 bits per heavy atom. The second-order valence-corrected chi connectivity index (χ2v) is 11.8. The van der Waals surface area contributed by atoms with Crippen LogP contribution in [0.3, 0.4) is 0 Å². The predicted molar refractivity (Wildman–Crippen MR) is 178 cm³/mol. The normalized spacial score (nSPS) is 14.9. The highest BCUT2D eigenvalue weighted by Gasteiger charge is 2.33. The summed E-state index contributed by atoms with van der Waals surface area (Å²) >= 11 is 6.42. The zero-order chi connectivity index (χ0) is 31.2. The number of anilines is 2. The summed E-state index contributed by atoms with van der Waals surface area (Å²) in [7, 11) is 3.99. The van der Waals surface area contributed by atoms with Gasteiger partial charge < -0.3 is 35.1 Å². The lowest BCUT2D eigenvalue weighted by molar-refractivity contribution is -0.118. The van der Waals surface area contributed by atoms with Crippen molar-refractivity contribution in [2.24, 2.45) is 0 Å². The molecule has 0 unspecified atom stereocenters. The first-order valence-corrected chi connectivity index (χ1v) is 15.4. The Morgan fingerprint density at radius 1 is 1.02 bits per heavy atom. The minimum atomic E-state index is -0.852. The van der Waals surface area contributed by atoms with E-state index in [9.17, 15) is 9.59 Å². The number of ether oxygens (including phenoxy) is 1. The van der Waals surface area contributed by atoms with Crippen LogP contribution in [0.15, 0.2) is 72.9 Å². The Kier molecular flexibility index (Phi) is 9.97. The van der Waals surface area contributed by atoms with E-state index >= 15 is 0 Å². The number of nitrogens with zero attached hydrogens (tertiary/aromatic N) is 3. The topological polar surface area (TPSA) is 92.9 Å². The van der Waals surface area contributed by atoms with Crippen LogP contribution in [-0.2, 0) is 11.3 Å². The molecule has 1 aromatic heterocycles. The van der Waals surface area contributed by atoms with Gasteiger partial charge in [-0.25, -0.2) is 4.79 Å². The Morgan fingerprint density at radius 3 is 2.48 bits per heavy atom. The molecule has 232 valence electrons. The number of H-pyrrole nitrogens is 1. The fraction of sp³-hybridized carbons (Fsp3) is 0.353. The van der Waals surface area contributed by atoms with Crippen molar-refractivity contribution in [1.82, 2.24) is 20.1 Å². The van der Waals surface area contributed by atoms with E-state index in [2.05, 4.69) is 25.4 Å². The SMILES string of the molecule is CCOc1ccc(CN(C)C)cc1NC(=O)[C@H](NC(=O)N1CCN(c2ccccc2Cl)CC1)[C@@H](C)c1c[nH]c2ccccc12. The van der Waals surface area contributed by atoms with Crippen molar-refractivity contribution in [3.63, 3.8) is 0 Å². The molecule has 2 heterocycles. The number of urea groups is 1. The van der Waals surface area contributed by atoms with Crippen LogP contribution in [0.1, 0.15) is 30.9 Å². The van der Waals surface area contributed by atoms with Crippen LogP contribution < -0.4 is 20.3 Å². The molecule has 1 fully saturated rings. The number of hydrogen-bond acceptors (Lipinski definition) is 5. The molecule has 9 nitrogen and oxygen atoms in total. The van der Waals surface area contributed by atoms with E-state index in [0.29, 0.717) is 55.8 Å². The standard InChI is InChI=1S/C34H41ClN6O3/c1-5-44-31-15-14-24(22-39(3)4)20-29(31)37-33(42)32(23(2)26-21-36-28-12-8-6-10-25(26)28)38-34(43)41-18-16-40(17-19-41)30-13-9-7-11-27(30)35/h6-15,20-21,23,32,36H,5,16-19,22H2,1-4H3,(H,37,42)(H,38,43)/t23-,32+/m0/s1. The smallest absolute Gasteiger partial charge is 0.318 e. The molecule has 1 aliphatic rings. The van der Waals surface area contributed by atoms with Gasteiger partial charge in [-0.05, 0) is 62.5 Å². The molecule has 3 aromatic carbocycles. The second-order valence-electron chi connectivity index (χ2n) is 11.4. The fourth-order valence-electron chi connectivity index (χ4n) is 5.78. The molecule has 3 N–H and O–H groups in total. The number of halogens is 1. The minimum Gasteiger partial charge on any atom is -0.492 e. The number of aromatic amines is 1. The summed E-state index contributed by atoms with van der Waals surface area (Å²) < 4.78 is 5.86. The molecule has 0 bridgehead atoms. The zero-order valence-electron chi connectivity index (χ0n) is 25.8. The van der Waals surface area contributed by atoms with Crippen molar-refractivity contribution in [3.8, 4) is 5.75 Å². The molecular weight excluding hydrogens is 576 g/mol. The van der Waals surface area contributed by atoms with Crippen LogP contribution >= 0.6 is 11.6 Å². The van der Waals surface area contributed by atoms with Crippen molar-refractivity contribution >= 4 is 45.8 Å². The molecule has 2 atom stereocenters. The summed E-state index contributed by atoms with van der Waals surface area (Å²) in [6.07, 6.45) is 1.92. The van der Waals surface area contributed by atoms with Gasteiger partial charge in [0.05, 0.1) is 23.0 Å². The van der Waals surface area contributed by atoms with Gasteiger partial charge in [0, 0.05) is 55.7 Å². The number of rotatable bonds is 10. The third kappa shape index (κ3) is 7.11. The van der Waals surface area contributed by atoms with Crippen LogP contribution in [0.2, 0.25) is 5.02 Å². The van der Waals surface area contributed by atoms with Crippen LogP contribution in [-0.4, -0.2) is 79.6 Å². The van der Waals surface area contributed by atoms with E-state index < -0.39 is 6.04 Å².